The summed E-state index contributed by atoms with van der Waals surface area (Å²) < 4.78 is 5.09. The number of carboxylic acid groups (broad SMARTS) is 1. The summed E-state index contributed by atoms with van der Waals surface area (Å²) in [5.41, 5.74) is 0.0346. The quantitative estimate of drug-likeness (QED) is 0.407. The number of esters is 1. The normalized spacial score (nSPS) is 10.1. The number of carbonyl (C=O) groups excluding carboxylic acids is 2. The number of carbonyl (C=O) groups is 3. The Morgan fingerprint density at radius 1 is 1.00 bits per heavy atom. The zero-order valence-corrected chi connectivity index (χ0v) is 11.9. The Balaban J connectivity index is 2.28. The smallest absolute Gasteiger partial charge is 0.339 e. The van der Waals surface area contributed by atoms with E-state index in [0.29, 0.717) is 6.42 Å². The summed E-state index contributed by atoms with van der Waals surface area (Å²) in [5, 5.41) is 8.99. The van der Waals surface area contributed by atoms with Gasteiger partial charge in [-0.2, -0.15) is 0 Å². The van der Waals surface area contributed by atoms with Gasteiger partial charge in [0.25, 0.3) is 0 Å². The van der Waals surface area contributed by atoms with Crippen molar-refractivity contribution in [2.75, 3.05) is 6.61 Å². The van der Waals surface area contributed by atoms with Crippen molar-refractivity contribution in [1.82, 2.24) is 0 Å². The van der Waals surface area contributed by atoms with Crippen LogP contribution in [0, 0.1) is 0 Å². The molecule has 0 aliphatic rings. The van der Waals surface area contributed by atoms with Crippen molar-refractivity contribution >= 4 is 18.2 Å². The molecule has 21 heavy (non-hydrogen) atoms. The van der Waals surface area contributed by atoms with Gasteiger partial charge in [-0.1, -0.05) is 31.4 Å². The number of hydrogen-bond acceptors (Lipinski definition) is 4. The first kappa shape index (κ1) is 16.9. The standard InChI is InChI=1S/C16H20O5/c17-11-7-3-1-2-4-8-12-21-16(20)14-10-6-5-9-13(14)15(18)19/h5-6,9-11H,1-4,7-8,12H2,(H,18,19). The first-order valence-corrected chi connectivity index (χ1v) is 7.10. The van der Waals surface area contributed by atoms with Crippen LogP contribution in [-0.4, -0.2) is 29.9 Å². The first-order valence-electron chi connectivity index (χ1n) is 7.10. The fraction of sp³-hybridized carbons (Fsp3) is 0.438. The topological polar surface area (TPSA) is 80.7 Å². The summed E-state index contributed by atoms with van der Waals surface area (Å²) >= 11 is 0. The highest BCUT2D eigenvalue weighted by Gasteiger charge is 2.16. The summed E-state index contributed by atoms with van der Waals surface area (Å²) in [6.45, 7) is 0.278. The average Bonchev–Trinajstić information content (AvgIpc) is 2.49. The van der Waals surface area contributed by atoms with E-state index in [4.69, 9.17) is 9.84 Å². The van der Waals surface area contributed by atoms with E-state index in [1.807, 2.05) is 0 Å². The molecule has 1 N–H and O–H groups in total. The van der Waals surface area contributed by atoms with Gasteiger partial charge in [-0.15, -0.1) is 0 Å². The van der Waals surface area contributed by atoms with Crippen LogP contribution in [0.1, 0.15) is 59.2 Å². The molecule has 0 spiro atoms. The lowest BCUT2D eigenvalue weighted by Gasteiger charge is -2.07. The lowest BCUT2D eigenvalue weighted by atomic mass is 10.1. The molecule has 0 atom stereocenters. The molecule has 0 fully saturated rings. The molecule has 0 saturated heterocycles. The SMILES string of the molecule is O=CCCCCCCCOC(=O)c1ccccc1C(=O)O. The van der Waals surface area contributed by atoms with Crippen LogP contribution in [0.15, 0.2) is 24.3 Å². The molecule has 0 aromatic heterocycles. The van der Waals surface area contributed by atoms with Gasteiger partial charge in [0.05, 0.1) is 17.7 Å². The third-order valence-corrected chi connectivity index (χ3v) is 3.08. The number of aldehydes is 1. The number of rotatable bonds is 10. The highest BCUT2D eigenvalue weighted by Crippen LogP contribution is 2.11. The molecule has 0 amide bonds. The van der Waals surface area contributed by atoms with E-state index in [-0.39, 0.29) is 17.7 Å². The van der Waals surface area contributed by atoms with E-state index >= 15 is 0 Å². The van der Waals surface area contributed by atoms with E-state index in [2.05, 4.69) is 0 Å². The van der Waals surface area contributed by atoms with E-state index in [0.717, 1.165) is 38.4 Å². The number of carboxylic acids is 1. The maximum atomic E-state index is 11.8. The summed E-state index contributed by atoms with van der Waals surface area (Å²) in [4.78, 5) is 32.9. The van der Waals surface area contributed by atoms with Crippen LogP contribution in [0.2, 0.25) is 0 Å². The first-order chi connectivity index (χ1) is 10.2. The summed E-state index contributed by atoms with van der Waals surface area (Å²) in [5.74, 6) is -1.74. The largest absolute Gasteiger partial charge is 0.478 e. The third-order valence-electron chi connectivity index (χ3n) is 3.08. The molecule has 0 aliphatic carbocycles. The van der Waals surface area contributed by atoms with Gasteiger partial charge in [0.1, 0.15) is 6.29 Å². The Hall–Kier alpha value is -2.17. The maximum absolute atomic E-state index is 11.8. The molecule has 5 nitrogen and oxygen atoms in total. The van der Waals surface area contributed by atoms with Gasteiger partial charge in [-0.05, 0) is 25.0 Å². The number of aromatic carboxylic acids is 1. The van der Waals surface area contributed by atoms with Crippen molar-refractivity contribution in [3.8, 4) is 0 Å². The molecule has 0 unspecified atom stereocenters. The molecule has 1 rings (SSSR count). The molecule has 0 aliphatic heterocycles. The van der Waals surface area contributed by atoms with Gasteiger partial charge >= 0.3 is 11.9 Å². The number of unbranched alkanes of at least 4 members (excludes halogenated alkanes) is 5. The van der Waals surface area contributed by atoms with Gasteiger partial charge in [-0.25, -0.2) is 9.59 Å². The van der Waals surface area contributed by atoms with Gasteiger partial charge < -0.3 is 14.6 Å². The lowest BCUT2D eigenvalue weighted by Crippen LogP contribution is -2.12. The minimum atomic E-state index is -1.14. The monoisotopic (exact) mass is 292 g/mol. The second-order valence-electron chi connectivity index (χ2n) is 4.71. The van der Waals surface area contributed by atoms with E-state index in [1.54, 1.807) is 12.1 Å². The molecular formula is C16H20O5. The van der Waals surface area contributed by atoms with Crippen molar-refractivity contribution in [1.29, 1.82) is 0 Å². The van der Waals surface area contributed by atoms with Gasteiger partial charge in [0.15, 0.2) is 0 Å². The molecule has 0 radical (unpaired) electrons. The van der Waals surface area contributed by atoms with Gasteiger partial charge in [0, 0.05) is 6.42 Å². The minimum absolute atomic E-state index is 0.0450. The molecular weight excluding hydrogens is 272 g/mol. The third kappa shape index (κ3) is 6.21. The van der Waals surface area contributed by atoms with Crippen LogP contribution in [0.4, 0.5) is 0 Å². The summed E-state index contributed by atoms with van der Waals surface area (Å²) in [6.07, 6.45) is 6.07. The molecule has 0 bridgehead atoms. The van der Waals surface area contributed by atoms with E-state index in [1.165, 1.54) is 12.1 Å². The molecule has 0 heterocycles. The second-order valence-corrected chi connectivity index (χ2v) is 4.71. The predicted octanol–water partition coefficient (Wildman–Crippen LogP) is 3.08. The molecule has 1 aromatic rings. The Kier molecular flexibility index (Phi) is 7.79. The highest BCUT2D eigenvalue weighted by atomic mass is 16.5. The van der Waals surface area contributed by atoms with Crippen LogP contribution in [0.25, 0.3) is 0 Å². The Morgan fingerprint density at radius 3 is 2.29 bits per heavy atom. The molecule has 5 heteroatoms. The summed E-state index contributed by atoms with van der Waals surface area (Å²) in [6, 6.07) is 6.01. The predicted molar refractivity (Wildman–Crippen MR) is 77.4 cm³/mol. The van der Waals surface area contributed by atoms with Crippen LogP contribution in [-0.2, 0) is 9.53 Å². The second kappa shape index (κ2) is 9.69. The Morgan fingerprint density at radius 2 is 1.62 bits per heavy atom. The van der Waals surface area contributed by atoms with Gasteiger partial charge in [-0.3, -0.25) is 0 Å². The Bertz CT molecular complexity index is 481. The van der Waals surface area contributed by atoms with Crippen molar-refractivity contribution in [2.45, 2.75) is 38.5 Å². The fourth-order valence-corrected chi connectivity index (χ4v) is 1.95. The van der Waals surface area contributed by atoms with Crippen LogP contribution in [0.5, 0.6) is 0 Å². The van der Waals surface area contributed by atoms with E-state index < -0.39 is 11.9 Å². The molecule has 1 aromatic carbocycles. The van der Waals surface area contributed by atoms with Gasteiger partial charge in [0.2, 0.25) is 0 Å². The van der Waals surface area contributed by atoms with Crippen molar-refractivity contribution in [3.63, 3.8) is 0 Å². The molecule has 0 saturated carbocycles. The lowest BCUT2D eigenvalue weighted by molar-refractivity contribution is -0.107. The molecule has 114 valence electrons. The highest BCUT2D eigenvalue weighted by molar-refractivity contribution is 6.02. The van der Waals surface area contributed by atoms with Crippen molar-refractivity contribution in [2.24, 2.45) is 0 Å². The summed E-state index contributed by atoms with van der Waals surface area (Å²) in [7, 11) is 0. The van der Waals surface area contributed by atoms with Crippen molar-refractivity contribution in [3.05, 3.63) is 35.4 Å². The maximum Gasteiger partial charge on any atom is 0.339 e. The minimum Gasteiger partial charge on any atom is -0.478 e. The van der Waals surface area contributed by atoms with Crippen molar-refractivity contribution < 1.29 is 24.2 Å². The number of hydrogen-bond donors (Lipinski definition) is 1. The number of ether oxygens (including phenoxy) is 1. The zero-order valence-electron chi connectivity index (χ0n) is 11.9. The zero-order chi connectivity index (χ0) is 15.5. The van der Waals surface area contributed by atoms with Crippen LogP contribution in [0.3, 0.4) is 0 Å². The van der Waals surface area contributed by atoms with Crippen LogP contribution >= 0.6 is 0 Å². The average molecular weight is 292 g/mol. The van der Waals surface area contributed by atoms with E-state index in [9.17, 15) is 14.4 Å². The van der Waals surface area contributed by atoms with Crippen LogP contribution < -0.4 is 0 Å². The number of benzene rings is 1. The Labute approximate surface area is 123 Å². The fourth-order valence-electron chi connectivity index (χ4n) is 1.95.